The molecule has 3 heterocycles. The van der Waals surface area contributed by atoms with Crippen molar-refractivity contribution < 1.29 is 14.4 Å². The maximum atomic E-state index is 13.1. The highest BCUT2D eigenvalue weighted by Gasteiger charge is 2.27. The van der Waals surface area contributed by atoms with Crippen LogP contribution < -0.4 is 11.1 Å². The quantitative estimate of drug-likeness (QED) is 0.289. The van der Waals surface area contributed by atoms with Crippen molar-refractivity contribution in [1.29, 1.82) is 0 Å². The first-order valence-corrected chi connectivity index (χ1v) is 12.5. The summed E-state index contributed by atoms with van der Waals surface area (Å²) in [6.07, 6.45) is 13.3. The van der Waals surface area contributed by atoms with E-state index in [1.807, 2.05) is 22.5 Å². The summed E-state index contributed by atoms with van der Waals surface area (Å²) in [5, 5.41) is 2.91. The third-order valence-corrected chi connectivity index (χ3v) is 6.71. The smallest absolute Gasteiger partial charge is 0.256 e. The SMILES string of the molecule is CCCn1cc(C=O)c(C(=O)N2CCC(CCCCNC(=O)/C=C/c3cccnc3N)CC2)c1C. The normalized spacial score (nSPS) is 14.4. The maximum absolute atomic E-state index is 13.1. The predicted molar refractivity (Wildman–Crippen MR) is 138 cm³/mol. The van der Waals surface area contributed by atoms with Crippen LogP contribution in [0.2, 0.25) is 0 Å². The van der Waals surface area contributed by atoms with Gasteiger partial charge in [0.15, 0.2) is 6.29 Å². The van der Waals surface area contributed by atoms with E-state index in [0.717, 1.165) is 75.7 Å². The number of hydrogen-bond acceptors (Lipinski definition) is 5. The summed E-state index contributed by atoms with van der Waals surface area (Å²) < 4.78 is 2.01. The number of nitrogens with zero attached hydrogens (tertiary/aromatic N) is 3. The van der Waals surface area contributed by atoms with Gasteiger partial charge < -0.3 is 20.5 Å². The van der Waals surface area contributed by atoms with Crippen molar-refractivity contribution in [2.75, 3.05) is 25.4 Å². The van der Waals surface area contributed by atoms with Crippen LogP contribution in [0.15, 0.2) is 30.6 Å². The summed E-state index contributed by atoms with van der Waals surface area (Å²) >= 11 is 0. The Kier molecular flexibility index (Phi) is 9.64. The summed E-state index contributed by atoms with van der Waals surface area (Å²) in [5.41, 5.74) is 8.42. The number of carbonyl (C=O) groups excluding carboxylic acids is 3. The molecule has 0 saturated carbocycles. The van der Waals surface area contributed by atoms with Crippen LogP contribution in [0.1, 0.15) is 77.4 Å². The second-order valence-corrected chi connectivity index (χ2v) is 9.19. The lowest BCUT2D eigenvalue weighted by Crippen LogP contribution is -2.39. The maximum Gasteiger partial charge on any atom is 0.256 e. The molecule has 0 radical (unpaired) electrons. The molecule has 8 nitrogen and oxygen atoms in total. The molecule has 1 aliphatic heterocycles. The molecule has 0 aromatic carbocycles. The Morgan fingerprint density at radius 3 is 2.69 bits per heavy atom. The fourth-order valence-corrected chi connectivity index (χ4v) is 4.67. The Hall–Kier alpha value is -3.42. The van der Waals surface area contributed by atoms with Gasteiger partial charge in [0.1, 0.15) is 5.82 Å². The van der Waals surface area contributed by atoms with E-state index in [4.69, 9.17) is 5.73 Å². The largest absolute Gasteiger partial charge is 0.383 e. The number of amides is 2. The van der Waals surface area contributed by atoms with Crippen LogP contribution in [0.25, 0.3) is 6.08 Å². The molecule has 2 amide bonds. The summed E-state index contributed by atoms with van der Waals surface area (Å²) in [7, 11) is 0. The second kappa shape index (κ2) is 12.9. The molecular formula is C27H37N5O3. The molecule has 35 heavy (non-hydrogen) atoms. The first-order valence-electron chi connectivity index (χ1n) is 12.5. The Balaban J connectivity index is 1.37. The molecule has 0 aliphatic carbocycles. The number of hydrogen-bond donors (Lipinski definition) is 2. The number of unbranched alkanes of at least 4 members (excludes halogenated alkanes) is 1. The van der Waals surface area contributed by atoms with E-state index in [-0.39, 0.29) is 11.8 Å². The zero-order chi connectivity index (χ0) is 25.2. The van der Waals surface area contributed by atoms with Gasteiger partial charge in [0, 0.05) is 61.5 Å². The number of nitrogen functional groups attached to an aromatic ring is 1. The number of aldehydes is 1. The average Bonchev–Trinajstić information content (AvgIpc) is 3.18. The average molecular weight is 480 g/mol. The predicted octanol–water partition coefficient (Wildman–Crippen LogP) is 3.85. The van der Waals surface area contributed by atoms with E-state index in [9.17, 15) is 14.4 Å². The van der Waals surface area contributed by atoms with E-state index in [0.29, 0.717) is 29.4 Å². The molecule has 188 valence electrons. The Labute approximate surface area is 207 Å². The number of anilines is 1. The fraction of sp³-hybridized carbons (Fsp3) is 0.481. The van der Waals surface area contributed by atoms with Crippen LogP contribution in [-0.2, 0) is 11.3 Å². The number of aromatic nitrogens is 2. The van der Waals surface area contributed by atoms with Crippen LogP contribution in [0.3, 0.4) is 0 Å². The standard InChI is InChI=1S/C27H37N5O3/c1-3-15-32-18-23(19-33)25(20(32)2)27(35)31-16-11-21(12-17-31)7-4-5-13-29-24(34)10-9-22-8-6-14-30-26(22)28/h6,8-10,14,18-19,21H,3-5,7,11-13,15-17H2,1-2H3,(H2,28,30)(H,29,34)/b10-9+. The minimum Gasteiger partial charge on any atom is -0.383 e. The van der Waals surface area contributed by atoms with Crippen LogP contribution in [0.5, 0.6) is 0 Å². The van der Waals surface area contributed by atoms with Crippen molar-refractivity contribution in [2.45, 2.75) is 58.9 Å². The monoisotopic (exact) mass is 479 g/mol. The molecular weight excluding hydrogens is 442 g/mol. The Morgan fingerprint density at radius 2 is 2.00 bits per heavy atom. The van der Waals surface area contributed by atoms with Gasteiger partial charge in [-0.2, -0.15) is 0 Å². The van der Waals surface area contributed by atoms with Crippen molar-refractivity contribution >= 4 is 30.0 Å². The van der Waals surface area contributed by atoms with Crippen LogP contribution in [0.4, 0.5) is 5.82 Å². The highest BCUT2D eigenvalue weighted by atomic mass is 16.2. The summed E-state index contributed by atoms with van der Waals surface area (Å²) in [4.78, 5) is 42.6. The molecule has 0 bridgehead atoms. The second-order valence-electron chi connectivity index (χ2n) is 9.19. The van der Waals surface area contributed by atoms with E-state index >= 15 is 0 Å². The first-order chi connectivity index (χ1) is 16.9. The molecule has 1 saturated heterocycles. The van der Waals surface area contributed by atoms with Crippen molar-refractivity contribution in [2.24, 2.45) is 5.92 Å². The molecule has 3 N–H and O–H groups in total. The van der Waals surface area contributed by atoms with Crippen LogP contribution >= 0.6 is 0 Å². The summed E-state index contributed by atoms with van der Waals surface area (Å²) in [6, 6.07) is 3.59. The van der Waals surface area contributed by atoms with E-state index in [1.165, 1.54) is 6.08 Å². The van der Waals surface area contributed by atoms with Gasteiger partial charge >= 0.3 is 0 Å². The van der Waals surface area contributed by atoms with Crippen LogP contribution in [0, 0.1) is 12.8 Å². The molecule has 0 spiro atoms. The molecule has 3 rings (SSSR count). The van der Waals surface area contributed by atoms with Crippen molar-refractivity contribution in [3.05, 3.63) is 53.0 Å². The zero-order valence-electron chi connectivity index (χ0n) is 20.8. The highest BCUT2D eigenvalue weighted by Crippen LogP contribution is 2.26. The minimum atomic E-state index is -0.141. The van der Waals surface area contributed by atoms with Gasteiger partial charge in [-0.15, -0.1) is 0 Å². The lowest BCUT2D eigenvalue weighted by molar-refractivity contribution is -0.116. The van der Waals surface area contributed by atoms with Gasteiger partial charge in [0.2, 0.25) is 5.91 Å². The first kappa shape index (κ1) is 26.2. The molecule has 0 atom stereocenters. The van der Waals surface area contributed by atoms with Crippen molar-refractivity contribution in [1.82, 2.24) is 19.8 Å². The van der Waals surface area contributed by atoms with Gasteiger partial charge in [-0.05, 0) is 56.7 Å². The topological polar surface area (TPSA) is 110 Å². The van der Waals surface area contributed by atoms with Gasteiger partial charge in [-0.1, -0.05) is 19.8 Å². The fourth-order valence-electron chi connectivity index (χ4n) is 4.67. The number of rotatable bonds is 11. The molecule has 2 aromatic heterocycles. The molecule has 8 heteroatoms. The highest BCUT2D eigenvalue weighted by molar-refractivity contribution is 6.02. The van der Waals surface area contributed by atoms with E-state index in [1.54, 1.807) is 24.5 Å². The Bertz CT molecular complexity index is 1050. The van der Waals surface area contributed by atoms with E-state index in [2.05, 4.69) is 17.2 Å². The Morgan fingerprint density at radius 1 is 1.23 bits per heavy atom. The third kappa shape index (κ3) is 7.04. The number of nitrogens with two attached hydrogens (primary N) is 1. The minimum absolute atomic E-state index is 0.0262. The number of piperidine rings is 1. The number of nitrogens with one attached hydrogen (secondary N) is 1. The van der Waals surface area contributed by atoms with Gasteiger partial charge in [0.05, 0.1) is 5.56 Å². The van der Waals surface area contributed by atoms with Gasteiger partial charge in [0.25, 0.3) is 5.91 Å². The molecule has 1 aliphatic rings. The summed E-state index contributed by atoms with van der Waals surface area (Å²) in [6.45, 7) is 6.88. The van der Waals surface area contributed by atoms with Crippen molar-refractivity contribution in [3.8, 4) is 0 Å². The lowest BCUT2D eigenvalue weighted by Gasteiger charge is -2.32. The molecule has 2 aromatic rings. The zero-order valence-corrected chi connectivity index (χ0v) is 20.8. The molecule has 0 unspecified atom stereocenters. The number of pyridine rings is 1. The number of carbonyl (C=O) groups is 3. The number of aryl methyl sites for hydroxylation is 1. The molecule has 1 fully saturated rings. The van der Waals surface area contributed by atoms with Crippen molar-refractivity contribution in [3.63, 3.8) is 0 Å². The lowest BCUT2D eigenvalue weighted by atomic mass is 9.91. The summed E-state index contributed by atoms with van der Waals surface area (Å²) in [5.74, 6) is 0.817. The van der Waals surface area contributed by atoms with Gasteiger partial charge in [-0.3, -0.25) is 14.4 Å². The van der Waals surface area contributed by atoms with E-state index < -0.39 is 0 Å². The van der Waals surface area contributed by atoms with Gasteiger partial charge in [-0.25, -0.2) is 4.98 Å². The van der Waals surface area contributed by atoms with Crippen LogP contribution in [-0.4, -0.2) is 52.2 Å². The third-order valence-electron chi connectivity index (χ3n) is 6.71. The number of likely N-dealkylation sites (tertiary alicyclic amines) is 1.